The Bertz CT molecular complexity index is 171. The molecular formula is C11H18O. The van der Waals surface area contributed by atoms with Crippen LogP contribution in [-0.4, -0.2) is 5.78 Å². The summed E-state index contributed by atoms with van der Waals surface area (Å²) in [6.45, 7) is 3.94. The smallest absolute Gasteiger partial charge is 0.144 e. The molecule has 0 unspecified atom stereocenters. The topological polar surface area (TPSA) is 17.1 Å². The van der Waals surface area contributed by atoms with Crippen molar-refractivity contribution >= 4 is 5.78 Å². The number of carbonyl (C=O) groups is 1. The summed E-state index contributed by atoms with van der Waals surface area (Å²) in [6, 6.07) is 0. The normalized spacial score (nSPS) is 8.83. The lowest BCUT2D eigenvalue weighted by atomic mass is 10.1. The molecule has 0 aliphatic carbocycles. The van der Waals surface area contributed by atoms with Crippen molar-refractivity contribution in [2.75, 3.05) is 0 Å². The van der Waals surface area contributed by atoms with Gasteiger partial charge in [-0.15, -0.1) is 5.92 Å². The van der Waals surface area contributed by atoms with Gasteiger partial charge in [0.25, 0.3) is 0 Å². The van der Waals surface area contributed by atoms with Gasteiger partial charge in [-0.25, -0.2) is 0 Å². The Hall–Kier alpha value is -0.770. The van der Waals surface area contributed by atoms with Crippen molar-refractivity contribution < 1.29 is 4.79 Å². The molecule has 0 aliphatic heterocycles. The molecule has 68 valence electrons. The van der Waals surface area contributed by atoms with Crippen LogP contribution in [0.1, 0.15) is 52.4 Å². The van der Waals surface area contributed by atoms with Crippen LogP contribution in [-0.2, 0) is 4.79 Å². The van der Waals surface area contributed by atoms with Gasteiger partial charge in [-0.05, 0) is 13.3 Å². The number of carbonyl (C=O) groups excluding carboxylic acids is 1. The van der Waals surface area contributed by atoms with Gasteiger partial charge < -0.3 is 0 Å². The van der Waals surface area contributed by atoms with Gasteiger partial charge in [0, 0.05) is 6.42 Å². The molecule has 0 saturated heterocycles. The predicted molar refractivity (Wildman–Crippen MR) is 51.8 cm³/mol. The van der Waals surface area contributed by atoms with E-state index in [4.69, 9.17) is 0 Å². The number of hydrogen-bond acceptors (Lipinski definition) is 1. The minimum absolute atomic E-state index is 0.292. The van der Waals surface area contributed by atoms with E-state index in [1.165, 1.54) is 19.3 Å². The van der Waals surface area contributed by atoms with E-state index in [9.17, 15) is 4.79 Å². The molecule has 0 N–H and O–H groups in total. The second-order valence-electron chi connectivity index (χ2n) is 2.95. The van der Waals surface area contributed by atoms with Crippen LogP contribution in [0.15, 0.2) is 0 Å². The van der Waals surface area contributed by atoms with E-state index in [0.29, 0.717) is 18.6 Å². The molecular weight excluding hydrogens is 148 g/mol. The summed E-state index contributed by atoms with van der Waals surface area (Å²) in [4.78, 5) is 11.1. The third-order valence-corrected chi connectivity index (χ3v) is 1.77. The Labute approximate surface area is 75.5 Å². The first kappa shape index (κ1) is 11.2. The lowest BCUT2D eigenvalue weighted by Crippen LogP contribution is -1.95. The Morgan fingerprint density at radius 3 is 2.58 bits per heavy atom. The van der Waals surface area contributed by atoms with E-state index in [1.807, 2.05) is 0 Å². The largest absolute Gasteiger partial charge is 0.299 e. The maximum absolute atomic E-state index is 11.1. The van der Waals surface area contributed by atoms with Crippen molar-refractivity contribution in [3.63, 3.8) is 0 Å². The first-order valence-corrected chi connectivity index (χ1v) is 4.72. The van der Waals surface area contributed by atoms with Gasteiger partial charge in [-0.1, -0.05) is 32.1 Å². The lowest BCUT2D eigenvalue weighted by Gasteiger charge is -1.96. The SMILES string of the molecule is CC#CCC(=O)CCCCCC. The summed E-state index contributed by atoms with van der Waals surface area (Å²) < 4.78 is 0. The van der Waals surface area contributed by atoms with Crippen LogP contribution in [0.4, 0.5) is 0 Å². The monoisotopic (exact) mass is 166 g/mol. The summed E-state index contributed by atoms with van der Waals surface area (Å²) in [5.74, 6) is 5.81. The van der Waals surface area contributed by atoms with E-state index >= 15 is 0 Å². The molecule has 0 radical (unpaired) electrons. The molecule has 0 amide bonds. The Balaban J connectivity index is 3.24. The second-order valence-corrected chi connectivity index (χ2v) is 2.95. The van der Waals surface area contributed by atoms with Crippen LogP contribution in [0, 0.1) is 11.8 Å². The number of Topliss-reactive ketones (excluding diaryl/α,β-unsaturated/α-hetero) is 1. The van der Waals surface area contributed by atoms with E-state index < -0.39 is 0 Å². The molecule has 0 atom stereocenters. The molecule has 0 spiro atoms. The van der Waals surface area contributed by atoms with E-state index in [1.54, 1.807) is 6.92 Å². The van der Waals surface area contributed by atoms with Crippen molar-refractivity contribution in [2.45, 2.75) is 52.4 Å². The third-order valence-electron chi connectivity index (χ3n) is 1.77. The summed E-state index contributed by atoms with van der Waals surface area (Å²) in [5.41, 5.74) is 0. The zero-order chi connectivity index (χ0) is 9.23. The number of hydrogen-bond donors (Lipinski definition) is 0. The molecule has 1 nitrogen and oxygen atoms in total. The Morgan fingerprint density at radius 1 is 1.25 bits per heavy atom. The maximum atomic E-state index is 11.1. The van der Waals surface area contributed by atoms with Crippen LogP contribution in [0.2, 0.25) is 0 Å². The van der Waals surface area contributed by atoms with Crippen molar-refractivity contribution in [2.24, 2.45) is 0 Å². The molecule has 0 aromatic rings. The molecule has 0 bridgehead atoms. The fourth-order valence-electron chi connectivity index (χ4n) is 1.02. The fourth-order valence-corrected chi connectivity index (χ4v) is 1.02. The van der Waals surface area contributed by atoms with Gasteiger partial charge >= 0.3 is 0 Å². The lowest BCUT2D eigenvalue weighted by molar-refractivity contribution is -0.118. The van der Waals surface area contributed by atoms with Gasteiger partial charge in [-0.3, -0.25) is 4.79 Å². The number of ketones is 1. The molecule has 0 aromatic heterocycles. The highest BCUT2D eigenvalue weighted by atomic mass is 16.1. The highest BCUT2D eigenvalue weighted by Crippen LogP contribution is 2.03. The quantitative estimate of drug-likeness (QED) is 0.438. The van der Waals surface area contributed by atoms with E-state index in [-0.39, 0.29) is 0 Å². The molecule has 1 heteroatoms. The number of rotatable bonds is 6. The van der Waals surface area contributed by atoms with Crippen molar-refractivity contribution in [1.82, 2.24) is 0 Å². The minimum Gasteiger partial charge on any atom is -0.299 e. The van der Waals surface area contributed by atoms with Crippen LogP contribution < -0.4 is 0 Å². The molecule has 0 heterocycles. The molecule has 0 aromatic carbocycles. The van der Waals surface area contributed by atoms with Gasteiger partial charge in [0.05, 0.1) is 6.42 Å². The van der Waals surface area contributed by atoms with Crippen LogP contribution >= 0.6 is 0 Å². The Morgan fingerprint density at radius 2 is 2.00 bits per heavy atom. The predicted octanol–water partition coefficient (Wildman–Crippen LogP) is 2.94. The zero-order valence-corrected chi connectivity index (χ0v) is 8.15. The van der Waals surface area contributed by atoms with E-state index in [2.05, 4.69) is 18.8 Å². The van der Waals surface area contributed by atoms with Crippen LogP contribution in [0.5, 0.6) is 0 Å². The first-order chi connectivity index (χ1) is 5.81. The summed E-state index contributed by atoms with van der Waals surface area (Å²) in [7, 11) is 0. The van der Waals surface area contributed by atoms with Gasteiger partial charge in [-0.2, -0.15) is 0 Å². The number of unbranched alkanes of at least 4 members (excludes halogenated alkanes) is 3. The summed E-state index contributed by atoms with van der Waals surface area (Å²) in [6.07, 6.45) is 5.85. The van der Waals surface area contributed by atoms with Gasteiger partial charge in [0.1, 0.15) is 5.78 Å². The maximum Gasteiger partial charge on any atom is 0.144 e. The molecule has 0 rings (SSSR count). The minimum atomic E-state index is 0.292. The molecule has 0 fully saturated rings. The third kappa shape index (κ3) is 7.34. The highest BCUT2D eigenvalue weighted by Gasteiger charge is 1.97. The van der Waals surface area contributed by atoms with Crippen molar-refractivity contribution in [3.05, 3.63) is 0 Å². The summed E-state index contributed by atoms with van der Waals surface area (Å²) in [5, 5.41) is 0. The second kappa shape index (κ2) is 8.33. The fraction of sp³-hybridized carbons (Fsp3) is 0.727. The van der Waals surface area contributed by atoms with Crippen LogP contribution in [0.25, 0.3) is 0 Å². The van der Waals surface area contributed by atoms with Crippen LogP contribution in [0.3, 0.4) is 0 Å². The average molecular weight is 166 g/mol. The first-order valence-electron chi connectivity index (χ1n) is 4.72. The highest BCUT2D eigenvalue weighted by molar-refractivity contribution is 5.80. The Kier molecular flexibility index (Phi) is 7.79. The average Bonchev–Trinajstić information content (AvgIpc) is 2.09. The molecule has 0 aliphatic rings. The zero-order valence-electron chi connectivity index (χ0n) is 8.15. The van der Waals surface area contributed by atoms with Crippen molar-refractivity contribution in [1.29, 1.82) is 0 Å². The molecule has 0 saturated carbocycles. The van der Waals surface area contributed by atoms with Gasteiger partial charge in [0.2, 0.25) is 0 Å². The van der Waals surface area contributed by atoms with E-state index in [0.717, 1.165) is 6.42 Å². The summed E-state index contributed by atoms with van der Waals surface area (Å²) >= 11 is 0. The molecule has 12 heavy (non-hydrogen) atoms. The standard InChI is InChI=1S/C11H18O/c1-3-5-7-8-10-11(12)9-6-4-2/h3,5,7-10H2,1-2H3. The van der Waals surface area contributed by atoms with Crippen molar-refractivity contribution in [3.8, 4) is 11.8 Å². The van der Waals surface area contributed by atoms with Gasteiger partial charge in [0.15, 0.2) is 0 Å².